The summed E-state index contributed by atoms with van der Waals surface area (Å²) in [4.78, 5) is 23.6. The van der Waals surface area contributed by atoms with Gasteiger partial charge in [0, 0.05) is 62.5 Å². The summed E-state index contributed by atoms with van der Waals surface area (Å²) in [5, 5.41) is 0. The van der Waals surface area contributed by atoms with E-state index in [2.05, 4.69) is 20.7 Å². The van der Waals surface area contributed by atoms with E-state index < -0.39 is 5.60 Å². The number of pyridine rings is 1. The van der Waals surface area contributed by atoms with Crippen molar-refractivity contribution in [3.8, 4) is 12.3 Å². The van der Waals surface area contributed by atoms with E-state index in [1.807, 2.05) is 37.8 Å². The zero-order valence-electron chi connectivity index (χ0n) is 17.1. The molecule has 2 unspecified atom stereocenters. The Hall–Kier alpha value is -2.26. The number of likely N-dealkylation sites (tertiary alicyclic amines) is 1. The topological polar surface area (TPSA) is 48.9 Å². The molecule has 6 nitrogen and oxygen atoms in total. The van der Waals surface area contributed by atoms with Crippen LogP contribution in [0, 0.1) is 18.3 Å². The Labute approximate surface area is 167 Å². The van der Waals surface area contributed by atoms with Crippen LogP contribution in [0.5, 0.6) is 0 Å². The highest BCUT2D eigenvalue weighted by Gasteiger charge is 2.43. The number of nitrogens with zero attached hydrogens (tertiary/aromatic N) is 4. The molecule has 3 aliphatic heterocycles. The molecule has 1 amide bonds. The predicted octanol–water partition coefficient (Wildman–Crippen LogP) is 2.58. The number of hydrogen-bond acceptors (Lipinski definition) is 5. The first-order valence-electron chi connectivity index (χ1n) is 10.2. The number of terminal acetylenes is 1. The minimum atomic E-state index is -0.427. The van der Waals surface area contributed by atoms with Crippen LogP contribution in [-0.2, 0) is 4.74 Å². The van der Waals surface area contributed by atoms with E-state index in [-0.39, 0.29) is 6.09 Å². The van der Waals surface area contributed by atoms with Crippen LogP contribution < -0.4 is 4.90 Å². The van der Waals surface area contributed by atoms with Gasteiger partial charge >= 0.3 is 6.09 Å². The average Bonchev–Trinajstić information content (AvgIpc) is 2.83. The summed E-state index contributed by atoms with van der Waals surface area (Å²) < 4.78 is 5.46. The highest BCUT2D eigenvalue weighted by Crippen LogP contribution is 2.34. The molecule has 3 fully saturated rings. The number of rotatable bonds is 3. The third-order valence-corrected chi connectivity index (χ3v) is 5.95. The van der Waals surface area contributed by atoms with Crippen molar-refractivity contribution >= 4 is 11.9 Å². The number of ether oxygens (including phenoxy) is 1. The van der Waals surface area contributed by atoms with Crippen molar-refractivity contribution < 1.29 is 9.53 Å². The Kier molecular flexibility index (Phi) is 4.96. The lowest BCUT2D eigenvalue weighted by Gasteiger charge is -2.46. The molecule has 150 valence electrons. The van der Waals surface area contributed by atoms with E-state index in [0.29, 0.717) is 18.0 Å². The SMILES string of the molecule is C#Cc1ccc(N2CC3CCC(C2)N3CC2CN(C(=O)OC(C)(C)C)C2)nc1. The molecule has 0 radical (unpaired) electrons. The summed E-state index contributed by atoms with van der Waals surface area (Å²) in [6.07, 6.45) is 9.51. The highest BCUT2D eigenvalue weighted by molar-refractivity contribution is 5.69. The van der Waals surface area contributed by atoms with E-state index in [4.69, 9.17) is 11.2 Å². The second kappa shape index (κ2) is 7.29. The average molecular weight is 383 g/mol. The summed E-state index contributed by atoms with van der Waals surface area (Å²) >= 11 is 0. The van der Waals surface area contributed by atoms with Crippen LogP contribution in [0.15, 0.2) is 18.3 Å². The zero-order valence-corrected chi connectivity index (χ0v) is 17.1. The summed E-state index contributed by atoms with van der Waals surface area (Å²) in [6, 6.07) is 5.15. The number of carbonyl (C=O) groups is 1. The van der Waals surface area contributed by atoms with Gasteiger partial charge in [0.15, 0.2) is 0 Å². The fraction of sp³-hybridized carbons (Fsp3) is 0.636. The molecule has 4 rings (SSSR count). The first-order chi connectivity index (χ1) is 13.3. The lowest BCUT2D eigenvalue weighted by molar-refractivity contribution is -0.0101. The third-order valence-electron chi connectivity index (χ3n) is 5.95. The maximum Gasteiger partial charge on any atom is 0.410 e. The van der Waals surface area contributed by atoms with Crippen molar-refractivity contribution in [1.29, 1.82) is 0 Å². The Morgan fingerprint density at radius 1 is 1.21 bits per heavy atom. The quantitative estimate of drug-likeness (QED) is 0.752. The fourth-order valence-corrected chi connectivity index (χ4v) is 4.59. The van der Waals surface area contributed by atoms with Crippen LogP contribution in [0.2, 0.25) is 0 Å². The molecule has 4 heterocycles. The Bertz CT molecular complexity index is 744. The van der Waals surface area contributed by atoms with Crippen molar-refractivity contribution in [1.82, 2.24) is 14.8 Å². The molecular formula is C22H30N4O2. The van der Waals surface area contributed by atoms with Gasteiger partial charge in [-0.2, -0.15) is 0 Å². The van der Waals surface area contributed by atoms with Gasteiger partial charge < -0.3 is 14.5 Å². The lowest BCUT2D eigenvalue weighted by atomic mass is 9.98. The minimum absolute atomic E-state index is 0.182. The first kappa shape index (κ1) is 19.1. The number of piperazine rings is 1. The normalized spacial score (nSPS) is 25.4. The molecule has 28 heavy (non-hydrogen) atoms. The maximum absolute atomic E-state index is 12.1. The summed E-state index contributed by atoms with van der Waals surface area (Å²) in [7, 11) is 0. The number of aromatic nitrogens is 1. The van der Waals surface area contributed by atoms with Gasteiger partial charge in [-0.25, -0.2) is 9.78 Å². The lowest BCUT2D eigenvalue weighted by Crippen LogP contribution is -2.60. The Morgan fingerprint density at radius 3 is 2.43 bits per heavy atom. The minimum Gasteiger partial charge on any atom is -0.444 e. The number of fused-ring (bicyclic) bond motifs is 2. The van der Waals surface area contributed by atoms with Crippen LogP contribution in [-0.4, -0.2) is 71.3 Å². The molecule has 1 aromatic rings. The van der Waals surface area contributed by atoms with E-state index in [1.165, 1.54) is 12.8 Å². The van der Waals surface area contributed by atoms with E-state index in [0.717, 1.165) is 44.1 Å². The van der Waals surface area contributed by atoms with Gasteiger partial charge in [0.25, 0.3) is 0 Å². The molecule has 6 heteroatoms. The predicted molar refractivity (Wildman–Crippen MR) is 109 cm³/mol. The monoisotopic (exact) mass is 382 g/mol. The van der Waals surface area contributed by atoms with E-state index in [9.17, 15) is 4.79 Å². The van der Waals surface area contributed by atoms with Gasteiger partial charge in [-0.1, -0.05) is 5.92 Å². The van der Waals surface area contributed by atoms with Gasteiger partial charge in [-0.15, -0.1) is 6.42 Å². The standard InChI is InChI=1S/C22H30N4O2/c1-5-16-6-9-20(23-10-16)24-14-18-7-8-19(15-24)26(18)13-17-11-25(12-17)21(27)28-22(2,3)4/h1,6,9-10,17-19H,7-8,11-15H2,2-4H3. The van der Waals surface area contributed by atoms with Crippen molar-refractivity contribution in [2.75, 3.05) is 37.6 Å². The molecule has 1 aromatic heterocycles. The number of hydrogen-bond donors (Lipinski definition) is 0. The smallest absolute Gasteiger partial charge is 0.410 e. The van der Waals surface area contributed by atoms with Crippen LogP contribution in [0.1, 0.15) is 39.2 Å². The van der Waals surface area contributed by atoms with Crippen molar-refractivity contribution in [3.63, 3.8) is 0 Å². The van der Waals surface area contributed by atoms with E-state index in [1.54, 1.807) is 6.20 Å². The second-order valence-corrected chi connectivity index (χ2v) is 9.29. The molecule has 2 atom stereocenters. The van der Waals surface area contributed by atoms with Crippen LogP contribution >= 0.6 is 0 Å². The van der Waals surface area contributed by atoms with Gasteiger partial charge in [0.2, 0.25) is 0 Å². The summed E-state index contributed by atoms with van der Waals surface area (Å²) in [5.74, 6) is 4.20. The fourth-order valence-electron chi connectivity index (χ4n) is 4.59. The third kappa shape index (κ3) is 3.95. The van der Waals surface area contributed by atoms with Gasteiger partial charge in [0.1, 0.15) is 11.4 Å². The number of anilines is 1. The van der Waals surface area contributed by atoms with Gasteiger partial charge in [0.05, 0.1) is 0 Å². The summed E-state index contributed by atoms with van der Waals surface area (Å²) in [6.45, 7) is 10.5. The van der Waals surface area contributed by atoms with Crippen LogP contribution in [0.3, 0.4) is 0 Å². The molecule has 0 saturated carbocycles. The molecule has 0 aliphatic carbocycles. The molecule has 2 bridgehead atoms. The second-order valence-electron chi connectivity index (χ2n) is 9.29. The Morgan fingerprint density at radius 2 is 1.89 bits per heavy atom. The molecular weight excluding hydrogens is 352 g/mol. The molecule has 0 N–H and O–H groups in total. The van der Waals surface area contributed by atoms with Crippen LogP contribution in [0.4, 0.5) is 10.6 Å². The van der Waals surface area contributed by atoms with Crippen molar-refractivity contribution in [2.24, 2.45) is 5.92 Å². The van der Waals surface area contributed by atoms with E-state index >= 15 is 0 Å². The highest BCUT2D eigenvalue weighted by atomic mass is 16.6. The molecule has 0 aromatic carbocycles. The number of amides is 1. The Balaban J connectivity index is 1.29. The van der Waals surface area contributed by atoms with Crippen molar-refractivity contribution in [2.45, 2.75) is 51.3 Å². The summed E-state index contributed by atoms with van der Waals surface area (Å²) in [5.41, 5.74) is 0.397. The maximum atomic E-state index is 12.1. The number of carbonyl (C=O) groups excluding carboxylic acids is 1. The largest absolute Gasteiger partial charge is 0.444 e. The first-order valence-corrected chi connectivity index (χ1v) is 10.2. The zero-order chi connectivity index (χ0) is 19.9. The molecule has 3 aliphatic rings. The van der Waals surface area contributed by atoms with Crippen molar-refractivity contribution in [3.05, 3.63) is 23.9 Å². The molecule has 3 saturated heterocycles. The molecule has 0 spiro atoms. The van der Waals surface area contributed by atoms with Gasteiger partial charge in [-0.05, 0) is 45.7 Å². The van der Waals surface area contributed by atoms with Crippen LogP contribution in [0.25, 0.3) is 0 Å². The van der Waals surface area contributed by atoms with Gasteiger partial charge in [-0.3, -0.25) is 4.90 Å².